The molecule has 176 valence electrons. The number of ether oxygens (including phenoxy) is 1. The molecule has 7 nitrogen and oxygen atoms in total. The molecule has 1 aliphatic rings. The number of rotatable bonds is 6. The van der Waals surface area contributed by atoms with Crippen molar-refractivity contribution in [2.24, 2.45) is 10.9 Å². The second-order valence-electron chi connectivity index (χ2n) is 7.80. The Bertz CT molecular complexity index is 1330. The molecule has 0 saturated carbocycles. The average molecular weight is 492 g/mol. The zero-order valence-corrected chi connectivity index (χ0v) is 20.2. The number of hydrogen-bond acceptors (Lipinski definition) is 5. The van der Waals surface area contributed by atoms with Crippen LogP contribution in [0, 0.1) is 11.7 Å². The lowest BCUT2D eigenvalue weighted by atomic mass is 9.99. The number of fused-ring (bicyclic) bond motifs is 1. The maximum atomic E-state index is 13.2. The van der Waals surface area contributed by atoms with Gasteiger partial charge in [0.05, 0.1) is 27.6 Å². The van der Waals surface area contributed by atoms with E-state index in [0.717, 1.165) is 28.1 Å². The lowest BCUT2D eigenvalue weighted by Gasteiger charge is -2.30. The summed E-state index contributed by atoms with van der Waals surface area (Å²) in [5.41, 5.74) is 0.974. The fourth-order valence-corrected chi connectivity index (χ4v) is 6.66. The van der Waals surface area contributed by atoms with E-state index in [1.807, 2.05) is 36.6 Å². The molecule has 0 radical (unpaired) electrons. The van der Waals surface area contributed by atoms with Gasteiger partial charge in [-0.2, -0.15) is 9.30 Å². The number of thiazole rings is 1. The largest absolute Gasteiger partial charge is 0.494 e. The maximum absolute atomic E-state index is 13.2. The van der Waals surface area contributed by atoms with Gasteiger partial charge in [0.15, 0.2) is 4.80 Å². The molecule has 3 aromatic rings. The summed E-state index contributed by atoms with van der Waals surface area (Å²) in [6, 6.07) is 10.5. The highest BCUT2D eigenvalue weighted by Gasteiger charge is 2.33. The highest BCUT2D eigenvalue weighted by molar-refractivity contribution is 7.89. The molecule has 33 heavy (non-hydrogen) atoms. The molecule has 1 amide bonds. The molecule has 1 aliphatic heterocycles. The molecule has 0 N–H and O–H groups in total. The van der Waals surface area contributed by atoms with Gasteiger partial charge in [-0.15, -0.1) is 0 Å². The first-order valence-electron chi connectivity index (χ1n) is 10.9. The van der Waals surface area contributed by atoms with Gasteiger partial charge in [-0.1, -0.05) is 11.3 Å². The number of piperidine rings is 1. The van der Waals surface area contributed by atoms with E-state index >= 15 is 0 Å². The molecule has 10 heteroatoms. The number of nitrogens with zero attached hydrogens (tertiary/aromatic N) is 3. The summed E-state index contributed by atoms with van der Waals surface area (Å²) in [5.74, 6) is -0.585. The van der Waals surface area contributed by atoms with Gasteiger partial charge >= 0.3 is 0 Å². The Morgan fingerprint density at radius 1 is 1.21 bits per heavy atom. The van der Waals surface area contributed by atoms with E-state index in [1.54, 1.807) is 0 Å². The molecule has 0 spiro atoms. The van der Waals surface area contributed by atoms with E-state index in [9.17, 15) is 17.6 Å². The summed E-state index contributed by atoms with van der Waals surface area (Å²) >= 11 is 1.41. The van der Waals surface area contributed by atoms with E-state index in [4.69, 9.17) is 4.74 Å². The normalized spacial score (nSPS) is 18.0. The summed E-state index contributed by atoms with van der Waals surface area (Å²) < 4.78 is 49.0. The summed E-state index contributed by atoms with van der Waals surface area (Å²) in [6.45, 7) is 5.52. The molecular weight excluding hydrogens is 465 g/mol. The molecule has 2 heterocycles. The van der Waals surface area contributed by atoms with Crippen molar-refractivity contribution in [3.63, 3.8) is 0 Å². The number of hydrogen-bond donors (Lipinski definition) is 0. The Hall–Kier alpha value is -2.56. The third kappa shape index (κ3) is 4.87. The first-order chi connectivity index (χ1) is 15.8. The first kappa shape index (κ1) is 23.6. The smallest absolute Gasteiger partial charge is 0.252 e. The fraction of sp³-hybridized carbons (Fsp3) is 0.391. The van der Waals surface area contributed by atoms with Crippen molar-refractivity contribution >= 4 is 37.5 Å². The van der Waals surface area contributed by atoms with Crippen molar-refractivity contribution in [3.8, 4) is 5.75 Å². The van der Waals surface area contributed by atoms with Gasteiger partial charge in [-0.25, -0.2) is 12.8 Å². The van der Waals surface area contributed by atoms with Crippen molar-refractivity contribution in [1.29, 1.82) is 0 Å². The zero-order valence-electron chi connectivity index (χ0n) is 18.5. The minimum Gasteiger partial charge on any atom is -0.494 e. The lowest BCUT2D eigenvalue weighted by molar-refractivity contribution is -0.122. The molecule has 2 aromatic carbocycles. The van der Waals surface area contributed by atoms with Gasteiger partial charge in [0, 0.05) is 19.6 Å². The standard InChI is InChI=1S/C23H26FN3O4S2/c1-3-27-20-12-9-18(31-4-2)14-21(20)32-23(27)25-22(28)16-6-5-13-26(15-16)33(29,30)19-10-7-17(24)8-11-19/h7-12,14,16H,3-6,13,15H2,1-2H3. The molecule has 0 aliphatic carbocycles. The van der Waals surface area contributed by atoms with Crippen LogP contribution in [0.15, 0.2) is 52.4 Å². The van der Waals surface area contributed by atoms with Gasteiger partial charge in [-0.3, -0.25) is 4.79 Å². The monoisotopic (exact) mass is 491 g/mol. The van der Waals surface area contributed by atoms with Gasteiger partial charge in [-0.05, 0) is 69.2 Å². The molecule has 1 fully saturated rings. The summed E-state index contributed by atoms with van der Waals surface area (Å²) in [6.07, 6.45) is 1.13. The van der Waals surface area contributed by atoms with Gasteiger partial charge < -0.3 is 9.30 Å². The van der Waals surface area contributed by atoms with Gasteiger partial charge in [0.2, 0.25) is 10.0 Å². The van der Waals surface area contributed by atoms with E-state index in [-0.39, 0.29) is 17.3 Å². The van der Waals surface area contributed by atoms with Crippen LogP contribution in [-0.2, 0) is 21.4 Å². The Morgan fingerprint density at radius 3 is 2.67 bits per heavy atom. The van der Waals surface area contributed by atoms with E-state index < -0.39 is 21.8 Å². The van der Waals surface area contributed by atoms with Crippen LogP contribution in [0.2, 0.25) is 0 Å². The average Bonchev–Trinajstić information content (AvgIpc) is 3.15. The number of benzene rings is 2. The Morgan fingerprint density at radius 2 is 1.97 bits per heavy atom. The van der Waals surface area contributed by atoms with Crippen LogP contribution in [0.1, 0.15) is 26.7 Å². The number of sulfonamides is 1. The van der Waals surface area contributed by atoms with Crippen LogP contribution in [0.3, 0.4) is 0 Å². The molecule has 1 aromatic heterocycles. The maximum Gasteiger partial charge on any atom is 0.252 e. The van der Waals surface area contributed by atoms with Crippen LogP contribution in [0.4, 0.5) is 4.39 Å². The number of carbonyl (C=O) groups is 1. The topological polar surface area (TPSA) is 81.0 Å². The van der Waals surface area contributed by atoms with Crippen molar-refractivity contribution in [1.82, 2.24) is 8.87 Å². The first-order valence-corrected chi connectivity index (χ1v) is 13.2. The SMILES string of the molecule is CCOc1ccc2c(c1)sc(=NC(=O)C1CCCN(S(=O)(=O)c3ccc(F)cc3)C1)n2CC. The number of carbonyl (C=O) groups excluding carboxylic acids is 1. The molecule has 4 rings (SSSR count). The van der Waals surface area contributed by atoms with Crippen molar-refractivity contribution in [2.45, 2.75) is 38.1 Å². The molecular formula is C23H26FN3O4S2. The van der Waals surface area contributed by atoms with Crippen LogP contribution < -0.4 is 9.54 Å². The second-order valence-corrected chi connectivity index (χ2v) is 10.7. The molecule has 1 atom stereocenters. The zero-order chi connectivity index (χ0) is 23.6. The third-order valence-corrected chi connectivity index (χ3v) is 8.59. The minimum atomic E-state index is -3.81. The van der Waals surface area contributed by atoms with Crippen molar-refractivity contribution in [3.05, 3.63) is 53.1 Å². The highest BCUT2D eigenvalue weighted by Crippen LogP contribution is 2.26. The Kier molecular flexibility index (Phi) is 6.96. The summed E-state index contributed by atoms with van der Waals surface area (Å²) in [4.78, 5) is 18.1. The van der Waals surface area contributed by atoms with E-state index in [1.165, 1.54) is 27.8 Å². The van der Waals surface area contributed by atoms with Crippen LogP contribution in [0.5, 0.6) is 5.75 Å². The van der Waals surface area contributed by atoms with Crippen LogP contribution in [-0.4, -0.2) is 42.9 Å². The lowest BCUT2D eigenvalue weighted by Crippen LogP contribution is -2.42. The molecule has 0 bridgehead atoms. The predicted molar refractivity (Wildman–Crippen MR) is 125 cm³/mol. The molecule has 1 saturated heterocycles. The van der Waals surface area contributed by atoms with Gasteiger partial charge in [0.25, 0.3) is 5.91 Å². The quantitative estimate of drug-likeness (QED) is 0.526. The number of aryl methyl sites for hydroxylation is 1. The third-order valence-electron chi connectivity index (χ3n) is 5.67. The summed E-state index contributed by atoms with van der Waals surface area (Å²) in [5, 5.41) is 0. The number of halogens is 1. The van der Waals surface area contributed by atoms with Crippen molar-refractivity contribution < 1.29 is 22.3 Å². The van der Waals surface area contributed by atoms with Gasteiger partial charge in [0.1, 0.15) is 11.6 Å². The van der Waals surface area contributed by atoms with Crippen molar-refractivity contribution in [2.75, 3.05) is 19.7 Å². The highest BCUT2D eigenvalue weighted by atomic mass is 32.2. The minimum absolute atomic E-state index is 0.0207. The number of aromatic nitrogens is 1. The van der Waals surface area contributed by atoms with E-state index in [2.05, 4.69) is 4.99 Å². The number of amides is 1. The Balaban J connectivity index is 1.60. The van der Waals surface area contributed by atoms with Crippen LogP contribution in [0.25, 0.3) is 10.2 Å². The second kappa shape index (κ2) is 9.74. The fourth-order valence-electron chi connectivity index (χ4n) is 4.00. The molecule has 1 unspecified atom stereocenters. The Labute approximate surface area is 196 Å². The predicted octanol–water partition coefficient (Wildman–Crippen LogP) is 3.79. The van der Waals surface area contributed by atoms with Crippen LogP contribution >= 0.6 is 11.3 Å². The van der Waals surface area contributed by atoms with E-state index in [0.29, 0.717) is 37.3 Å². The summed E-state index contributed by atoms with van der Waals surface area (Å²) in [7, 11) is -3.81.